The highest BCUT2D eigenvalue weighted by Gasteiger charge is 2.19. The third-order valence-electron chi connectivity index (χ3n) is 3.83. The van der Waals surface area contributed by atoms with Crippen LogP contribution in [0.2, 0.25) is 0 Å². The van der Waals surface area contributed by atoms with Crippen LogP contribution in [0.3, 0.4) is 0 Å². The lowest BCUT2D eigenvalue weighted by Gasteiger charge is -2.09. The molecule has 3 rings (SSSR count). The van der Waals surface area contributed by atoms with E-state index >= 15 is 0 Å². The summed E-state index contributed by atoms with van der Waals surface area (Å²) < 4.78 is 5.32. The highest BCUT2D eigenvalue weighted by atomic mass is 16.5. The number of rotatable bonds is 5. The average molecular weight is 267 g/mol. The van der Waals surface area contributed by atoms with Crippen LogP contribution < -0.4 is 10.1 Å². The quantitative estimate of drug-likeness (QED) is 0.886. The summed E-state index contributed by atoms with van der Waals surface area (Å²) in [4.78, 5) is 0. The first kappa shape index (κ1) is 13.2. The third-order valence-corrected chi connectivity index (χ3v) is 3.83. The molecule has 0 aliphatic heterocycles. The highest BCUT2D eigenvalue weighted by molar-refractivity contribution is 5.66. The van der Waals surface area contributed by atoms with Crippen LogP contribution in [0.5, 0.6) is 5.75 Å². The standard InChI is InChI=1S/C18H21NO/c1-13-10-16(6-9-18(13)20-2)15-5-3-4-14(11-15)12-19-17-7-8-17/h3-6,9-11,17,19H,7-8,12H2,1-2H3. The molecule has 2 heteroatoms. The van der Waals surface area contributed by atoms with E-state index in [-0.39, 0.29) is 0 Å². The Balaban J connectivity index is 1.81. The lowest BCUT2D eigenvalue weighted by atomic mass is 10.0. The molecule has 0 atom stereocenters. The van der Waals surface area contributed by atoms with E-state index in [4.69, 9.17) is 4.74 Å². The van der Waals surface area contributed by atoms with Crippen LogP contribution in [0.1, 0.15) is 24.0 Å². The van der Waals surface area contributed by atoms with E-state index in [9.17, 15) is 0 Å². The Morgan fingerprint density at radius 1 is 1.10 bits per heavy atom. The summed E-state index contributed by atoms with van der Waals surface area (Å²) in [5, 5.41) is 3.56. The number of nitrogens with one attached hydrogen (secondary N) is 1. The predicted octanol–water partition coefficient (Wildman–Crippen LogP) is 3.92. The number of ether oxygens (including phenoxy) is 1. The molecule has 2 nitrogen and oxygen atoms in total. The summed E-state index contributed by atoms with van der Waals surface area (Å²) in [7, 11) is 1.71. The van der Waals surface area contributed by atoms with Gasteiger partial charge in [-0.1, -0.05) is 24.3 Å². The number of aryl methyl sites for hydroxylation is 1. The SMILES string of the molecule is COc1ccc(-c2cccc(CNC3CC3)c2)cc1C. The van der Waals surface area contributed by atoms with Gasteiger partial charge in [-0.3, -0.25) is 0 Å². The van der Waals surface area contributed by atoms with Crippen molar-refractivity contribution in [1.29, 1.82) is 0 Å². The molecule has 1 aliphatic carbocycles. The van der Waals surface area contributed by atoms with Crippen molar-refractivity contribution in [2.24, 2.45) is 0 Å². The normalized spacial score (nSPS) is 14.3. The highest BCUT2D eigenvalue weighted by Crippen LogP contribution is 2.27. The maximum Gasteiger partial charge on any atom is 0.121 e. The minimum absolute atomic E-state index is 0.752. The van der Waals surface area contributed by atoms with Gasteiger partial charge in [-0.05, 0) is 60.2 Å². The first-order valence-electron chi connectivity index (χ1n) is 7.23. The third kappa shape index (κ3) is 3.02. The van der Waals surface area contributed by atoms with E-state index in [2.05, 4.69) is 48.6 Å². The van der Waals surface area contributed by atoms with Gasteiger partial charge >= 0.3 is 0 Å². The molecule has 0 amide bonds. The molecular weight excluding hydrogens is 246 g/mol. The molecule has 0 spiro atoms. The summed E-state index contributed by atoms with van der Waals surface area (Å²) in [6, 6.07) is 15.9. The van der Waals surface area contributed by atoms with E-state index in [1.807, 2.05) is 6.07 Å². The molecule has 0 radical (unpaired) electrons. The maximum absolute atomic E-state index is 5.32. The van der Waals surface area contributed by atoms with Crippen LogP contribution in [0.25, 0.3) is 11.1 Å². The zero-order chi connectivity index (χ0) is 13.9. The maximum atomic E-state index is 5.32. The molecule has 104 valence electrons. The predicted molar refractivity (Wildman–Crippen MR) is 83.0 cm³/mol. The van der Waals surface area contributed by atoms with Gasteiger partial charge in [-0.2, -0.15) is 0 Å². The summed E-state index contributed by atoms with van der Waals surface area (Å²) >= 11 is 0. The van der Waals surface area contributed by atoms with Gasteiger partial charge in [0, 0.05) is 12.6 Å². The molecule has 0 heterocycles. The van der Waals surface area contributed by atoms with Crippen molar-refractivity contribution in [3.05, 3.63) is 53.6 Å². The van der Waals surface area contributed by atoms with E-state index in [1.165, 1.54) is 35.1 Å². The van der Waals surface area contributed by atoms with Crippen LogP contribution in [0.4, 0.5) is 0 Å². The average Bonchev–Trinajstić information content (AvgIpc) is 3.29. The Labute approximate surface area is 120 Å². The first-order valence-corrected chi connectivity index (χ1v) is 7.23. The minimum atomic E-state index is 0.752. The fourth-order valence-electron chi connectivity index (χ4n) is 2.47. The van der Waals surface area contributed by atoms with Crippen LogP contribution in [-0.4, -0.2) is 13.2 Å². The summed E-state index contributed by atoms with van der Waals surface area (Å²) in [5.74, 6) is 0.945. The van der Waals surface area contributed by atoms with Crippen molar-refractivity contribution in [2.45, 2.75) is 32.4 Å². The van der Waals surface area contributed by atoms with Crippen LogP contribution in [0.15, 0.2) is 42.5 Å². The van der Waals surface area contributed by atoms with Crippen LogP contribution >= 0.6 is 0 Å². The molecule has 20 heavy (non-hydrogen) atoms. The molecule has 0 unspecified atom stereocenters. The number of hydrogen-bond donors (Lipinski definition) is 1. The van der Waals surface area contributed by atoms with Crippen LogP contribution in [0, 0.1) is 6.92 Å². The fraction of sp³-hybridized carbons (Fsp3) is 0.333. The second-order valence-electron chi connectivity index (χ2n) is 5.54. The van der Waals surface area contributed by atoms with Gasteiger partial charge in [0.15, 0.2) is 0 Å². The largest absolute Gasteiger partial charge is 0.496 e. The molecule has 0 saturated heterocycles. The van der Waals surface area contributed by atoms with Gasteiger partial charge in [0.2, 0.25) is 0 Å². The molecule has 0 aromatic heterocycles. The molecule has 1 fully saturated rings. The second-order valence-corrected chi connectivity index (χ2v) is 5.54. The molecule has 1 N–H and O–H groups in total. The van der Waals surface area contributed by atoms with Gasteiger partial charge in [0.1, 0.15) is 5.75 Å². The molecular formula is C18H21NO. The lowest BCUT2D eigenvalue weighted by molar-refractivity contribution is 0.412. The van der Waals surface area contributed by atoms with E-state index in [0.717, 1.165) is 18.3 Å². The van der Waals surface area contributed by atoms with Gasteiger partial charge in [-0.25, -0.2) is 0 Å². The topological polar surface area (TPSA) is 21.3 Å². The Kier molecular flexibility index (Phi) is 3.75. The molecule has 1 saturated carbocycles. The summed E-state index contributed by atoms with van der Waals surface area (Å²) in [5.41, 5.74) is 5.04. The monoisotopic (exact) mass is 267 g/mol. The van der Waals surface area contributed by atoms with Gasteiger partial charge in [0.25, 0.3) is 0 Å². The van der Waals surface area contributed by atoms with E-state index < -0.39 is 0 Å². The minimum Gasteiger partial charge on any atom is -0.496 e. The Morgan fingerprint density at radius 3 is 2.60 bits per heavy atom. The summed E-state index contributed by atoms with van der Waals surface area (Å²) in [6.07, 6.45) is 2.66. The van der Waals surface area contributed by atoms with Crippen molar-refractivity contribution >= 4 is 0 Å². The van der Waals surface area contributed by atoms with Crippen molar-refractivity contribution in [1.82, 2.24) is 5.32 Å². The van der Waals surface area contributed by atoms with Crippen LogP contribution in [-0.2, 0) is 6.54 Å². The van der Waals surface area contributed by atoms with E-state index in [1.54, 1.807) is 7.11 Å². The van der Waals surface area contributed by atoms with E-state index in [0.29, 0.717) is 0 Å². The Bertz CT molecular complexity index is 602. The van der Waals surface area contributed by atoms with Crippen molar-refractivity contribution in [3.63, 3.8) is 0 Å². The molecule has 2 aromatic rings. The smallest absolute Gasteiger partial charge is 0.121 e. The lowest BCUT2D eigenvalue weighted by Crippen LogP contribution is -2.15. The molecule has 2 aromatic carbocycles. The number of benzene rings is 2. The summed E-state index contributed by atoms with van der Waals surface area (Å²) in [6.45, 7) is 3.05. The second kappa shape index (κ2) is 5.68. The van der Waals surface area contributed by atoms with Gasteiger partial charge in [-0.15, -0.1) is 0 Å². The number of hydrogen-bond acceptors (Lipinski definition) is 2. The Hall–Kier alpha value is -1.80. The number of methoxy groups -OCH3 is 1. The van der Waals surface area contributed by atoms with Crippen molar-refractivity contribution < 1.29 is 4.74 Å². The van der Waals surface area contributed by atoms with Crippen molar-refractivity contribution in [2.75, 3.05) is 7.11 Å². The zero-order valence-electron chi connectivity index (χ0n) is 12.1. The van der Waals surface area contributed by atoms with Crippen molar-refractivity contribution in [3.8, 4) is 16.9 Å². The Morgan fingerprint density at radius 2 is 1.90 bits per heavy atom. The van der Waals surface area contributed by atoms with Gasteiger partial charge < -0.3 is 10.1 Å². The zero-order valence-corrected chi connectivity index (χ0v) is 12.1. The fourth-order valence-corrected chi connectivity index (χ4v) is 2.47. The molecule has 0 bridgehead atoms. The first-order chi connectivity index (χ1) is 9.76. The molecule has 1 aliphatic rings. The van der Waals surface area contributed by atoms with Gasteiger partial charge in [0.05, 0.1) is 7.11 Å².